The van der Waals surface area contributed by atoms with Gasteiger partial charge in [-0.15, -0.1) is 5.10 Å². The Morgan fingerprint density at radius 3 is 2.58 bits per heavy atom. The maximum atomic E-state index is 12.8. The first-order valence-electron chi connectivity index (χ1n) is 10.0. The molecule has 0 saturated carbocycles. The van der Waals surface area contributed by atoms with Crippen molar-refractivity contribution in [3.63, 3.8) is 0 Å². The Kier molecular flexibility index (Phi) is 4.87. The lowest BCUT2D eigenvalue weighted by Gasteiger charge is -2.08. The first-order valence-corrected chi connectivity index (χ1v) is 10.0. The molecule has 5 rings (SSSR count). The molecule has 0 spiro atoms. The van der Waals surface area contributed by atoms with Crippen LogP contribution in [0.4, 0.5) is 11.4 Å². The number of carbonyl (C=O) groups excluding carboxylic acids is 1. The monoisotopic (exact) mass is 439 g/mol. The van der Waals surface area contributed by atoms with E-state index in [1.54, 1.807) is 37.5 Å². The summed E-state index contributed by atoms with van der Waals surface area (Å²) in [5.41, 5.74) is 4.37. The van der Waals surface area contributed by atoms with Crippen LogP contribution in [0.5, 0.6) is 0 Å². The molecule has 162 valence electrons. The third-order valence-electron chi connectivity index (χ3n) is 5.25. The highest BCUT2D eigenvalue weighted by Gasteiger charge is 2.19. The molecular formula is C23H17N7O3. The van der Waals surface area contributed by atoms with Crippen LogP contribution in [0.25, 0.3) is 22.4 Å². The van der Waals surface area contributed by atoms with Gasteiger partial charge >= 0.3 is 0 Å². The minimum absolute atomic E-state index is 0.0702. The smallest absolute Gasteiger partial charge is 0.278 e. The number of carbonyl (C=O) groups is 1. The summed E-state index contributed by atoms with van der Waals surface area (Å²) in [6.45, 7) is 1.68. The Balaban J connectivity index is 1.36. The number of para-hydroxylation sites is 2. The van der Waals surface area contributed by atoms with Crippen LogP contribution >= 0.6 is 0 Å². The van der Waals surface area contributed by atoms with Gasteiger partial charge in [0.25, 0.3) is 11.6 Å². The van der Waals surface area contributed by atoms with E-state index in [2.05, 4.69) is 20.6 Å². The van der Waals surface area contributed by atoms with Gasteiger partial charge in [-0.1, -0.05) is 23.4 Å². The molecule has 0 radical (unpaired) electrons. The molecule has 1 N–H and O–H groups in total. The number of anilines is 1. The molecule has 0 fully saturated rings. The van der Waals surface area contributed by atoms with Crippen LogP contribution in [-0.4, -0.2) is 35.4 Å². The summed E-state index contributed by atoms with van der Waals surface area (Å²) in [4.78, 5) is 27.7. The summed E-state index contributed by atoms with van der Waals surface area (Å²) < 4.78 is 3.37. The van der Waals surface area contributed by atoms with Gasteiger partial charge in [0.05, 0.1) is 27.3 Å². The van der Waals surface area contributed by atoms with Crippen LogP contribution in [-0.2, 0) is 0 Å². The number of hydrogen-bond acceptors (Lipinski definition) is 6. The van der Waals surface area contributed by atoms with E-state index in [9.17, 15) is 14.9 Å². The normalized spacial score (nSPS) is 10.9. The molecule has 0 aliphatic rings. The second kappa shape index (κ2) is 8.00. The molecule has 0 bridgehead atoms. The van der Waals surface area contributed by atoms with Crippen LogP contribution in [0.3, 0.4) is 0 Å². The van der Waals surface area contributed by atoms with Gasteiger partial charge in [0.1, 0.15) is 6.33 Å². The van der Waals surface area contributed by atoms with E-state index in [1.165, 1.54) is 16.8 Å². The highest BCUT2D eigenvalue weighted by Crippen LogP contribution is 2.21. The Hall–Kier alpha value is -4.86. The molecule has 5 aromatic rings. The molecule has 0 atom stereocenters. The predicted octanol–water partition coefficient (Wildman–Crippen LogP) is 4.08. The van der Waals surface area contributed by atoms with E-state index in [4.69, 9.17) is 0 Å². The fraction of sp³-hybridized carbons (Fsp3) is 0.0435. The number of hydrogen-bond donors (Lipinski definition) is 1. The molecule has 2 heterocycles. The zero-order valence-corrected chi connectivity index (χ0v) is 17.4. The lowest BCUT2D eigenvalue weighted by molar-refractivity contribution is -0.384. The van der Waals surface area contributed by atoms with Gasteiger partial charge in [0.2, 0.25) is 0 Å². The van der Waals surface area contributed by atoms with E-state index >= 15 is 0 Å². The summed E-state index contributed by atoms with van der Waals surface area (Å²) in [5, 5.41) is 21.8. The second-order valence-corrected chi connectivity index (χ2v) is 7.32. The molecule has 33 heavy (non-hydrogen) atoms. The highest BCUT2D eigenvalue weighted by atomic mass is 16.6. The average Bonchev–Trinajstić information content (AvgIpc) is 3.43. The molecule has 0 unspecified atom stereocenters. The summed E-state index contributed by atoms with van der Waals surface area (Å²) in [6, 6.07) is 21.2. The van der Waals surface area contributed by atoms with Crippen LogP contribution in [0.2, 0.25) is 0 Å². The first kappa shape index (κ1) is 20.1. The lowest BCUT2D eigenvalue weighted by atomic mass is 10.2. The Morgan fingerprint density at radius 1 is 1.00 bits per heavy atom. The van der Waals surface area contributed by atoms with Crippen molar-refractivity contribution in [1.82, 2.24) is 24.5 Å². The van der Waals surface area contributed by atoms with Gasteiger partial charge in [-0.3, -0.25) is 19.5 Å². The van der Waals surface area contributed by atoms with Crippen molar-refractivity contribution in [2.24, 2.45) is 0 Å². The van der Waals surface area contributed by atoms with E-state index in [1.807, 2.05) is 41.0 Å². The number of amides is 1. The zero-order chi connectivity index (χ0) is 22.9. The van der Waals surface area contributed by atoms with E-state index in [-0.39, 0.29) is 11.4 Å². The first-order chi connectivity index (χ1) is 16.0. The number of nitro benzene ring substituents is 1. The summed E-state index contributed by atoms with van der Waals surface area (Å²) in [7, 11) is 0. The summed E-state index contributed by atoms with van der Waals surface area (Å²) >= 11 is 0. The zero-order valence-electron chi connectivity index (χ0n) is 17.4. The third-order valence-corrected chi connectivity index (χ3v) is 5.25. The Morgan fingerprint density at radius 2 is 1.79 bits per heavy atom. The number of rotatable bonds is 5. The fourth-order valence-corrected chi connectivity index (χ4v) is 3.58. The molecule has 0 saturated heterocycles. The number of nitro groups is 1. The van der Waals surface area contributed by atoms with Crippen LogP contribution in [0.1, 0.15) is 16.2 Å². The van der Waals surface area contributed by atoms with Crippen molar-refractivity contribution in [2.75, 3.05) is 5.32 Å². The van der Waals surface area contributed by atoms with Crippen molar-refractivity contribution < 1.29 is 9.72 Å². The number of benzene rings is 3. The maximum absolute atomic E-state index is 12.8. The number of fused-ring (bicyclic) bond motifs is 1. The van der Waals surface area contributed by atoms with Crippen molar-refractivity contribution in [1.29, 1.82) is 0 Å². The highest BCUT2D eigenvalue weighted by molar-refractivity contribution is 6.03. The fourth-order valence-electron chi connectivity index (χ4n) is 3.58. The molecule has 0 aliphatic carbocycles. The van der Waals surface area contributed by atoms with E-state index in [0.29, 0.717) is 17.1 Å². The van der Waals surface area contributed by atoms with Crippen LogP contribution in [0.15, 0.2) is 79.1 Å². The second-order valence-electron chi connectivity index (χ2n) is 7.32. The van der Waals surface area contributed by atoms with Crippen molar-refractivity contribution in [3.05, 3.63) is 101 Å². The number of aromatic nitrogens is 5. The minimum Gasteiger partial charge on any atom is -0.321 e. The molecular weight excluding hydrogens is 422 g/mol. The summed E-state index contributed by atoms with van der Waals surface area (Å²) in [6.07, 6.45) is 1.76. The quantitative estimate of drug-likeness (QED) is 0.325. The SMILES string of the molecule is Cc1c(C(=O)Nc2ccc(-n3cnc4ccccc43)cc2)nnn1-c1cccc([N+](=O)[O-])c1. The molecule has 2 aromatic heterocycles. The Labute approximate surface area is 187 Å². The number of nitrogens with one attached hydrogen (secondary N) is 1. The van der Waals surface area contributed by atoms with Gasteiger partial charge in [0.15, 0.2) is 5.69 Å². The number of imidazole rings is 1. The maximum Gasteiger partial charge on any atom is 0.278 e. The number of nitrogens with zero attached hydrogens (tertiary/aromatic N) is 6. The minimum atomic E-state index is -0.486. The molecule has 1 amide bonds. The van der Waals surface area contributed by atoms with Crippen molar-refractivity contribution in [3.8, 4) is 11.4 Å². The van der Waals surface area contributed by atoms with E-state index in [0.717, 1.165) is 16.7 Å². The van der Waals surface area contributed by atoms with Gasteiger partial charge in [-0.05, 0) is 49.4 Å². The number of non-ortho nitro benzene ring substituents is 1. The van der Waals surface area contributed by atoms with Crippen LogP contribution < -0.4 is 5.32 Å². The van der Waals surface area contributed by atoms with E-state index < -0.39 is 10.8 Å². The largest absolute Gasteiger partial charge is 0.321 e. The van der Waals surface area contributed by atoms with Crippen molar-refractivity contribution >= 4 is 28.3 Å². The Bertz CT molecular complexity index is 1500. The molecule has 10 nitrogen and oxygen atoms in total. The van der Waals surface area contributed by atoms with Crippen molar-refractivity contribution in [2.45, 2.75) is 6.92 Å². The third kappa shape index (κ3) is 3.69. The van der Waals surface area contributed by atoms with Crippen LogP contribution in [0, 0.1) is 17.0 Å². The summed E-state index contributed by atoms with van der Waals surface area (Å²) in [5.74, 6) is -0.426. The standard InChI is InChI=1S/C23H17N7O3/c1-15-22(26-27-29(15)18-5-4-6-19(13-18)30(32)33)23(31)25-16-9-11-17(12-10-16)28-14-24-20-7-2-3-8-21(20)28/h2-14H,1H3,(H,25,31). The van der Waals surface area contributed by atoms with Gasteiger partial charge in [-0.25, -0.2) is 9.67 Å². The topological polar surface area (TPSA) is 121 Å². The predicted molar refractivity (Wildman–Crippen MR) is 122 cm³/mol. The molecule has 10 heteroatoms. The van der Waals surface area contributed by atoms with Gasteiger partial charge < -0.3 is 5.32 Å². The molecule has 0 aliphatic heterocycles. The van der Waals surface area contributed by atoms with Gasteiger partial charge in [-0.2, -0.15) is 0 Å². The lowest BCUT2D eigenvalue weighted by Crippen LogP contribution is -2.14. The average molecular weight is 439 g/mol. The molecule has 3 aromatic carbocycles. The van der Waals surface area contributed by atoms with Gasteiger partial charge in [0, 0.05) is 23.5 Å².